The first-order valence-electron chi connectivity index (χ1n) is 7.99. The van der Waals surface area contributed by atoms with Crippen molar-refractivity contribution < 1.29 is 33.2 Å². The second-order valence-electron chi connectivity index (χ2n) is 5.81. The molecule has 0 aromatic carbocycles. The zero-order valence-electron chi connectivity index (χ0n) is 12.8. The average Bonchev–Trinajstić information content (AvgIpc) is 3.01. The van der Waals surface area contributed by atoms with Crippen LogP contribution in [0.1, 0.15) is 25.7 Å². The van der Waals surface area contributed by atoms with E-state index < -0.39 is 5.60 Å². The van der Waals surface area contributed by atoms with Gasteiger partial charge in [0.25, 0.3) is 0 Å². The highest BCUT2D eigenvalue weighted by Crippen LogP contribution is 2.30. The summed E-state index contributed by atoms with van der Waals surface area (Å²) in [5, 5.41) is 0. The molecule has 0 atom stereocenters. The molecule has 4 fully saturated rings. The van der Waals surface area contributed by atoms with Gasteiger partial charge in [0.1, 0.15) is 6.61 Å². The zero-order chi connectivity index (χ0) is 15.3. The van der Waals surface area contributed by atoms with E-state index in [2.05, 4.69) is 0 Å². The van der Waals surface area contributed by atoms with Gasteiger partial charge in [0.15, 0.2) is 11.4 Å². The largest absolute Gasteiger partial charge is 0.461 e. The number of ether oxygens (including phenoxy) is 6. The van der Waals surface area contributed by atoms with Gasteiger partial charge < -0.3 is 28.4 Å². The number of hydrogen-bond acceptors (Lipinski definition) is 7. The van der Waals surface area contributed by atoms with Crippen molar-refractivity contribution in [3.05, 3.63) is 0 Å². The minimum Gasteiger partial charge on any atom is -0.461 e. The summed E-state index contributed by atoms with van der Waals surface area (Å²) in [6.07, 6.45) is 3.05. The van der Waals surface area contributed by atoms with Gasteiger partial charge >= 0.3 is 5.97 Å². The third-order valence-electron chi connectivity index (χ3n) is 4.44. The molecule has 2 spiro atoms. The number of esters is 1. The van der Waals surface area contributed by atoms with Gasteiger partial charge in [-0.25, -0.2) is 4.79 Å². The Hall–Kier alpha value is -0.730. The first-order chi connectivity index (χ1) is 10.7. The highest BCUT2D eigenvalue weighted by atomic mass is 16.7. The molecule has 0 bridgehead atoms. The maximum absolute atomic E-state index is 11.4. The summed E-state index contributed by atoms with van der Waals surface area (Å²) in [7, 11) is 0. The van der Waals surface area contributed by atoms with E-state index in [4.69, 9.17) is 28.4 Å². The Labute approximate surface area is 130 Å². The van der Waals surface area contributed by atoms with Crippen LogP contribution in [0.25, 0.3) is 0 Å². The van der Waals surface area contributed by atoms with Crippen molar-refractivity contribution in [2.24, 2.45) is 0 Å². The molecule has 4 rings (SSSR count). The molecule has 4 heterocycles. The molecule has 4 saturated heterocycles. The third kappa shape index (κ3) is 3.60. The third-order valence-corrected chi connectivity index (χ3v) is 4.44. The first-order valence-corrected chi connectivity index (χ1v) is 7.99. The van der Waals surface area contributed by atoms with E-state index >= 15 is 0 Å². The Morgan fingerprint density at radius 2 is 1.18 bits per heavy atom. The highest BCUT2D eigenvalue weighted by Gasteiger charge is 2.44. The zero-order valence-corrected chi connectivity index (χ0v) is 12.8. The lowest BCUT2D eigenvalue weighted by molar-refractivity contribution is -0.205. The van der Waals surface area contributed by atoms with Gasteiger partial charge in [-0.1, -0.05) is 0 Å². The van der Waals surface area contributed by atoms with Crippen LogP contribution in [0.15, 0.2) is 0 Å². The second-order valence-corrected chi connectivity index (χ2v) is 5.81. The Morgan fingerprint density at radius 3 is 1.77 bits per heavy atom. The minimum atomic E-state index is -0.670. The molecule has 0 aromatic rings. The summed E-state index contributed by atoms with van der Waals surface area (Å²) in [5.41, 5.74) is -0.670. The van der Waals surface area contributed by atoms with Crippen LogP contribution in [-0.4, -0.2) is 70.2 Å². The molecule has 7 nitrogen and oxygen atoms in total. The van der Waals surface area contributed by atoms with Crippen molar-refractivity contribution >= 4 is 5.97 Å². The summed E-state index contributed by atoms with van der Waals surface area (Å²) in [5.74, 6) is -0.463. The average molecular weight is 316 g/mol. The number of rotatable bonds is 0. The van der Waals surface area contributed by atoms with Gasteiger partial charge in [0.05, 0.1) is 33.0 Å². The van der Waals surface area contributed by atoms with Gasteiger partial charge in [-0.2, -0.15) is 0 Å². The summed E-state index contributed by atoms with van der Waals surface area (Å²) in [6.45, 7) is 5.15. The highest BCUT2D eigenvalue weighted by molar-refractivity contribution is 5.80. The number of cyclic esters (lactones) is 1. The van der Waals surface area contributed by atoms with Crippen LogP contribution in [0.4, 0.5) is 0 Å². The van der Waals surface area contributed by atoms with Crippen LogP contribution >= 0.6 is 0 Å². The molecule has 0 N–H and O–H groups in total. The monoisotopic (exact) mass is 316 g/mol. The number of carbonyl (C=O) groups is 1. The molecule has 22 heavy (non-hydrogen) atoms. The first kappa shape index (κ1) is 16.1. The Bertz CT molecular complexity index is 356. The predicted molar refractivity (Wildman–Crippen MR) is 74.4 cm³/mol. The van der Waals surface area contributed by atoms with E-state index in [0.717, 1.165) is 39.3 Å². The summed E-state index contributed by atoms with van der Waals surface area (Å²) in [6, 6.07) is 0. The van der Waals surface area contributed by atoms with Crippen LogP contribution in [0.5, 0.6) is 0 Å². The Kier molecular flexibility index (Phi) is 5.30. The van der Waals surface area contributed by atoms with Crippen molar-refractivity contribution in [1.82, 2.24) is 0 Å². The smallest absolute Gasteiger partial charge is 0.338 e. The van der Waals surface area contributed by atoms with E-state index in [1.54, 1.807) is 0 Å². The minimum absolute atomic E-state index is 0.211. The van der Waals surface area contributed by atoms with E-state index in [1.165, 1.54) is 0 Å². The van der Waals surface area contributed by atoms with Gasteiger partial charge in [-0.05, 0) is 0 Å². The fourth-order valence-corrected chi connectivity index (χ4v) is 3.08. The van der Waals surface area contributed by atoms with Crippen molar-refractivity contribution in [2.45, 2.75) is 37.1 Å². The quantitative estimate of drug-likeness (QED) is 0.608. The predicted octanol–water partition coefficient (Wildman–Crippen LogP) is 0.649. The molecule has 4 aliphatic heterocycles. The van der Waals surface area contributed by atoms with E-state index in [-0.39, 0.29) is 11.8 Å². The van der Waals surface area contributed by atoms with Gasteiger partial charge in [0, 0.05) is 38.9 Å². The summed E-state index contributed by atoms with van der Waals surface area (Å²) < 4.78 is 31.7. The van der Waals surface area contributed by atoms with Crippen molar-refractivity contribution in [2.75, 3.05) is 52.9 Å². The lowest BCUT2D eigenvalue weighted by atomic mass is 9.94. The molecule has 0 radical (unpaired) electrons. The molecule has 126 valence electrons. The van der Waals surface area contributed by atoms with Gasteiger partial charge in [0.2, 0.25) is 0 Å². The van der Waals surface area contributed by atoms with Crippen LogP contribution in [0.2, 0.25) is 0 Å². The van der Waals surface area contributed by atoms with Crippen LogP contribution < -0.4 is 0 Å². The number of carbonyl (C=O) groups excluding carboxylic acids is 1. The number of hydrogen-bond donors (Lipinski definition) is 0. The fourth-order valence-electron chi connectivity index (χ4n) is 3.08. The van der Waals surface area contributed by atoms with Crippen LogP contribution in [0, 0.1) is 0 Å². The van der Waals surface area contributed by atoms with Crippen LogP contribution in [-0.2, 0) is 33.2 Å². The maximum atomic E-state index is 11.4. The normalized spacial score (nSPS) is 29.7. The van der Waals surface area contributed by atoms with E-state index in [9.17, 15) is 4.79 Å². The van der Waals surface area contributed by atoms with Crippen LogP contribution in [0.3, 0.4) is 0 Å². The Morgan fingerprint density at radius 1 is 0.636 bits per heavy atom. The van der Waals surface area contributed by atoms with Crippen molar-refractivity contribution in [3.8, 4) is 0 Å². The molecular weight excluding hydrogens is 292 g/mol. The maximum Gasteiger partial charge on any atom is 0.338 e. The van der Waals surface area contributed by atoms with E-state index in [1.807, 2.05) is 0 Å². The standard InChI is InChI=1S/C8H12O4.C7H12O3/c9-7-8(12-6-5-11-7)1-3-10-4-2-8;1-3-8-4-2-7(1)9-5-6-10-7/h1-6H2;1-6H2. The summed E-state index contributed by atoms with van der Waals surface area (Å²) >= 11 is 0. The molecule has 7 heteroatoms. The van der Waals surface area contributed by atoms with Crippen molar-refractivity contribution in [3.63, 3.8) is 0 Å². The fraction of sp³-hybridized carbons (Fsp3) is 0.933. The molecule has 0 unspecified atom stereocenters. The van der Waals surface area contributed by atoms with E-state index in [0.29, 0.717) is 39.3 Å². The lowest BCUT2D eigenvalue weighted by Crippen LogP contribution is -2.51. The van der Waals surface area contributed by atoms with Gasteiger partial charge in [-0.15, -0.1) is 0 Å². The van der Waals surface area contributed by atoms with Crippen molar-refractivity contribution in [1.29, 1.82) is 0 Å². The lowest BCUT2D eigenvalue weighted by Gasteiger charge is -2.37. The topological polar surface area (TPSA) is 72.5 Å². The molecule has 4 aliphatic rings. The second kappa shape index (κ2) is 7.23. The molecule has 0 amide bonds. The SMILES string of the molecule is C1CC2(CCO1)OCCO2.O=C1OCCOC12CCOCC2. The molecule has 0 saturated carbocycles. The Balaban J connectivity index is 0.000000133. The van der Waals surface area contributed by atoms with Gasteiger partial charge in [-0.3, -0.25) is 0 Å². The molecule has 0 aliphatic carbocycles. The molecule has 0 aromatic heterocycles. The summed E-state index contributed by atoms with van der Waals surface area (Å²) in [4.78, 5) is 11.4. The molecular formula is C15H24O7.